The van der Waals surface area contributed by atoms with Gasteiger partial charge in [0.25, 0.3) is 0 Å². The van der Waals surface area contributed by atoms with Gasteiger partial charge in [-0.1, -0.05) is 51.6 Å². The van der Waals surface area contributed by atoms with Crippen LogP contribution in [0.1, 0.15) is 50.8 Å². The van der Waals surface area contributed by atoms with Crippen LogP contribution < -0.4 is 5.32 Å². The first-order valence-corrected chi connectivity index (χ1v) is 8.44. The quantitative estimate of drug-likeness (QED) is 0.735. The lowest BCUT2D eigenvalue weighted by atomic mass is 9.77. The van der Waals surface area contributed by atoms with Crippen molar-refractivity contribution in [2.75, 3.05) is 11.9 Å². The smallest absolute Gasteiger partial charge is 0.0603 e. The number of nitrogens with one attached hydrogen (secondary N) is 1. The highest BCUT2D eigenvalue weighted by atomic mass is 14.9. The van der Waals surface area contributed by atoms with Crippen molar-refractivity contribution in [1.82, 2.24) is 4.98 Å². The molecule has 2 rings (SSSR count). The van der Waals surface area contributed by atoms with Crippen LogP contribution in [0.25, 0.3) is 5.57 Å². The maximum Gasteiger partial charge on any atom is 0.0603 e. The number of rotatable bonds is 7. The maximum absolute atomic E-state index is 4.26. The predicted octanol–water partition coefficient (Wildman–Crippen LogP) is 5.46. The Kier molecular flexibility index (Phi) is 5.59. The van der Waals surface area contributed by atoms with Crippen LogP contribution in [0.5, 0.6) is 0 Å². The molecule has 1 heterocycles. The van der Waals surface area contributed by atoms with E-state index in [1.807, 2.05) is 25.4 Å². The molecule has 1 atom stereocenters. The van der Waals surface area contributed by atoms with Crippen molar-refractivity contribution in [3.8, 4) is 0 Å². The molecule has 0 saturated heterocycles. The predicted molar refractivity (Wildman–Crippen MR) is 101 cm³/mol. The molecule has 0 amide bonds. The van der Waals surface area contributed by atoms with Crippen molar-refractivity contribution < 1.29 is 0 Å². The van der Waals surface area contributed by atoms with Crippen LogP contribution in [0.3, 0.4) is 0 Å². The number of hydrogen-bond donors (Lipinski definition) is 1. The highest BCUT2D eigenvalue weighted by Gasteiger charge is 2.26. The molecule has 0 saturated carbocycles. The summed E-state index contributed by atoms with van der Waals surface area (Å²) in [6.45, 7) is 13.8. The maximum atomic E-state index is 4.26. The van der Waals surface area contributed by atoms with Crippen molar-refractivity contribution in [3.63, 3.8) is 0 Å². The van der Waals surface area contributed by atoms with Crippen LogP contribution in [-0.2, 0) is 11.8 Å². The van der Waals surface area contributed by atoms with Gasteiger partial charge in [0.05, 0.1) is 11.9 Å². The second kappa shape index (κ2) is 7.45. The fraction of sp³-hybridized carbons (Fsp3) is 0.381. The fourth-order valence-corrected chi connectivity index (χ4v) is 3.03. The SMILES string of the molecule is C=C(C)c1ccncc1NCC(C)(CC)c1ccccc1CC. The summed E-state index contributed by atoms with van der Waals surface area (Å²) in [5, 5.41) is 3.61. The molecule has 1 N–H and O–H groups in total. The van der Waals surface area contributed by atoms with Gasteiger partial charge in [-0.15, -0.1) is 0 Å². The van der Waals surface area contributed by atoms with Crippen molar-refractivity contribution in [1.29, 1.82) is 0 Å². The minimum absolute atomic E-state index is 0.0921. The van der Waals surface area contributed by atoms with Gasteiger partial charge in [0.1, 0.15) is 0 Å². The summed E-state index contributed by atoms with van der Waals surface area (Å²) in [6.07, 6.45) is 5.86. The van der Waals surface area contributed by atoms with Gasteiger partial charge in [-0.2, -0.15) is 0 Å². The van der Waals surface area contributed by atoms with Gasteiger partial charge in [-0.05, 0) is 42.5 Å². The van der Waals surface area contributed by atoms with E-state index in [1.54, 1.807) is 0 Å². The van der Waals surface area contributed by atoms with Crippen molar-refractivity contribution >= 4 is 11.3 Å². The number of nitrogens with zero attached hydrogens (tertiary/aromatic N) is 1. The molecule has 1 aromatic carbocycles. The van der Waals surface area contributed by atoms with Gasteiger partial charge in [-0.3, -0.25) is 4.98 Å². The number of aromatic nitrogens is 1. The number of hydrogen-bond acceptors (Lipinski definition) is 2. The Hall–Kier alpha value is -2.09. The van der Waals surface area contributed by atoms with E-state index >= 15 is 0 Å². The average molecular weight is 308 g/mol. The summed E-state index contributed by atoms with van der Waals surface area (Å²) in [7, 11) is 0. The van der Waals surface area contributed by atoms with Crippen LogP contribution in [0.4, 0.5) is 5.69 Å². The highest BCUT2D eigenvalue weighted by Crippen LogP contribution is 2.32. The minimum Gasteiger partial charge on any atom is -0.382 e. The van der Waals surface area contributed by atoms with Gasteiger partial charge in [0, 0.05) is 23.7 Å². The third-order valence-electron chi connectivity index (χ3n) is 4.78. The van der Waals surface area contributed by atoms with E-state index in [1.165, 1.54) is 11.1 Å². The lowest BCUT2D eigenvalue weighted by Crippen LogP contribution is -2.31. The van der Waals surface area contributed by atoms with Crippen LogP contribution >= 0.6 is 0 Å². The first kappa shape index (κ1) is 17.3. The Morgan fingerprint density at radius 1 is 1.22 bits per heavy atom. The third-order valence-corrected chi connectivity index (χ3v) is 4.78. The molecule has 1 aromatic heterocycles. The van der Waals surface area contributed by atoms with E-state index in [-0.39, 0.29) is 5.41 Å². The van der Waals surface area contributed by atoms with E-state index < -0.39 is 0 Å². The first-order chi connectivity index (χ1) is 11.0. The summed E-state index contributed by atoms with van der Waals surface area (Å²) >= 11 is 0. The van der Waals surface area contributed by atoms with E-state index in [0.29, 0.717) is 0 Å². The van der Waals surface area contributed by atoms with E-state index in [0.717, 1.165) is 36.2 Å². The number of pyridine rings is 1. The van der Waals surface area contributed by atoms with Crippen LogP contribution in [-0.4, -0.2) is 11.5 Å². The molecular weight excluding hydrogens is 280 g/mol. The number of allylic oxidation sites excluding steroid dienone is 1. The van der Waals surface area contributed by atoms with E-state index in [4.69, 9.17) is 0 Å². The van der Waals surface area contributed by atoms with Gasteiger partial charge >= 0.3 is 0 Å². The summed E-state index contributed by atoms with van der Waals surface area (Å²) in [5.74, 6) is 0. The summed E-state index contributed by atoms with van der Waals surface area (Å²) in [6, 6.07) is 10.8. The van der Waals surface area contributed by atoms with Gasteiger partial charge in [0.2, 0.25) is 0 Å². The largest absolute Gasteiger partial charge is 0.382 e. The van der Waals surface area contributed by atoms with Crippen LogP contribution in [0.2, 0.25) is 0 Å². The number of aryl methyl sites for hydroxylation is 1. The Labute approximate surface area is 140 Å². The Balaban J connectivity index is 2.28. The van der Waals surface area contributed by atoms with Gasteiger partial charge in [0.15, 0.2) is 0 Å². The molecule has 0 aliphatic carbocycles. The molecular formula is C21H28N2. The molecule has 23 heavy (non-hydrogen) atoms. The van der Waals surface area contributed by atoms with Crippen LogP contribution in [0, 0.1) is 0 Å². The standard InChI is InChI=1S/C21H28N2/c1-6-17-10-8-9-11-19(17)21(5,7-2)15-23-20-14-22-13-12-18(20)16(3)4/h8-14,23H,3,6-7,15H2,1-2,4-5H3. The molecule has 0 aliphatic rings. The molecule has 2 aromatic rings. The summed E-state index contributed by atoms with van der Waals surface area (Å²) < 4.78 is 0. The van der Waals surface area contributed by atoms with Crippen LogP contribution in [0.15, 0.2) is 49.3 Å². The monoisotopic (exact) mass is 308 g/mol. The molecule has 0 aliphatic heterocycles. The fourth-order valence-electron chi connectivity index (χ4n) is 3.03. The molecule has 0 radical (unpaired) electrons. The van der Waals surface area contributed by atoms with Gasteiger partial charge in [-0.25, -0.2) is 0 Å². The molecule has 2 heteroatoms. The average Bonchev–Trinajstić information content (AvgIpc) is 2.59. The Morgan fingerprint density at radius 2 is 1.96 bits per heavy atom. The van der Waals surface area contributed by atoms with Gasteiger partial charge < -0.3 is 5.32 Å². The minimum atomic E-state index is 0.0921. The summed E-state index contributed by atoms with van der Waals surface area (Å²) in [4.78, 5) is 4.26. The van der Waals surface area contributed by atoms with E-state index in [9.17, 15) is 0 Å². The lowest BCUT2D eigenvalue weighted by Gasteiger charge is -2.32. The zero-order valence-electron chi connectivity index (χ0n) is 14.8. The second-order valence-electron chi connectivity index (χ2n) is 6.48. The molecule has 1 unspecified atom stereocenters. The molecule has 0 fully saturated rings. The van der Waals surface area contributed by atoms with Crippen molar-refractivity contribution in [3.05, 3.63) is 66.0 Å². The molecule has 2 nitrogen and oxygen atoms in total. The topological polar surface area (TPSA) is 24.9 Å². The van der Waals surface area contributed by atoms with E-state index in [2.05, 4.69) is 61.9 Å². The number of anilines is 1. The molecule has 0 spiro atoms. The van der Waals surface area contributed by atoms with Crippen molar-refractivity contribution in [2.24, 2.45) is 0 Å². The third kappa shape index (κ3) is 3.82. The molecule has 0 bridgehead atoms. The lowest BCUT2D eigenvalue weighted by molar-refractivity contribution is 0.477. The number of benzene rings is 1. The van der Waals surface area contributed by atoms with Crippen molar-refractivity contribution in [2.45, 2.75) is 46.0 Å². The molecule has 122 valence electrons. The summed E-state index contributed by atoms with van der Waals surface area (Å²) in [5.41, 5.74) is 6.23. The second-order valence-corrected chi connectivity index (χ2v) is 6.48. The zero-order chi connectivity index (χ0) is 16.9. The normalized spacial score (nSPS) is 13.4. The highest BCUT2D eigenvalue weighted by molar-refractivity contribution is 5.73. The zero-order valence-corrected chi connectivity index (χ0v) is 14.8. The first-order valence-electron chi connectivity index (χ1n) is 8.44. The Morgan fingerprint density at radius 3 is 2.61 bits per heavy atom. The Bertz CT molecular complexity index is 675.